The van der Waals surface area contributed by atoms with Crippen LogP contribution >= 0.6 is 0 Å². The van der Waals surface area contributed by atoms with E-state index < -0.39 is 0 Å². The van der Waals surface area contributed by atoms with Gasteiger partial charge >= 0.3 is 0 Å². The summed E-state index contributed by atoms with van der Waals surface area (Å²) in [4.78, 5) is 15.8. The molecule has 0 aliphatic heterocycles. The summed E-state index contributed by atoms with van der Waals surface area (Å²) in [5.41, 5.74) is 0. The van der Waals surface area contributed by atoms with Gasteiger partial charge in [0.2, 0.25) is 5.91 Å². The summed E-state index contributed by atoms with van der Waals surface area (Å²) in [5.74, 6) is 1.39. The number of carbonyl (C=O) groups is 1. The number of carbonyl (C=O) groups excluding carboxylic acids is 1. The quantitative estimate of drug-likeness (QED) is 0.488. The molecule has 0 saturated heterocycles. The molecular formula is C17H36N2O3. The van der Waals surface area contributed by atoms with Crippen LogP contribution in [0.2, 0.25) is 0 Å². The van der Waals surface area contributed by atoms with Gasteiger partial charge in [-0.2, -0.15) is 0 Å². The van der Waals surface area contributed by atoms with Gasteiger partial charge in [0.05, 0.1) is 26.4 Å². The van der Waals surface area contributed by atoms with Crippen molar-refractivity contribution in [2.45, 2.75) is 34.1 Å². The fraction of sp³-hybridized carbons (Fsp3) is 0.941. The first kappa shape index (κ1) is 21.4. The van der Waals surface area contributed by atoms with E-state index in [0.717, 1.165) is 19.6 Å². The van der Waals surface area contributed by atoms with Crippen molar-refractivity contribution in [1.82, 2.24) is 9.80 Å². The Balaban J connectivity index is 3.55. The second-order valence-corrected chi connectivity index (χ2v) is 6.81. The van der Waals surface area contributed by atoms with Crippen LogP contribution in [0.5, 0.6) is 0 Å². The van der Waals surface area contributed by atoms with Crippen LogP contribution in [0.1, 0.15) is 34.1 Å². The number of ether oxygens (including phenoxy) is 2. The Labute approximate surface area is 136 Å². The molecule has 132 valence electrons. The van der Waals surface area contributed by atoms with Gasteiger partial charge in [-0.3, -0.25) is 9.69 Å². The SMILES string of the molecule is CC(C)CCOCCOCCN(C)C(=O)CN(C)CC(C)C. The normalized spacial score (nSPS) is 11.7. The van der Waals surface area contributed by atoms with Gasteiger partial charge in [0.15, 0.2) is 0 Å². The van der Waals surface area contributed by atoms with Crippen LogP contribution in [0.3, 0.4) is 0 Å². The molecule has 0 saturated carbocycles. The van der Waals surface area contributed by atoms with Gasteiger partial charge in [0.25, 0.3) is 0 Å². The van der Waals surface area contributed by atoms with E-state index in [-0.39, 0.29) is 5.91 Å². The number of rotatable bonds is 13. The van der Waals surface area contributed by atoms with Crippen molar-refractivity contribution < 1.29 is 14.3 Å². The largest absolute Gasteiger partial charge is 0.379 e. The maximum atomic E-state index is 12.0. The van der Waals surface area contributed by atoms with E-state index >= 15 is 0 Å². The molecule has 5 nitrogen and oxygen atoms in total. The van der Waals surface area contributed by atoms with Crippen LogP contribution in [0.4, 0.5) is 0 Å². The van der Waals surface area contributed by atoms with Crippen molar-refractivity contribution >= 4 is 5.91 Å². The van der Waals surface area contributed by atoms with Crippen molar-refractivity contribution in [2.24, 2.45) is 11.8 Å². The smallest absolute Gasteiger partial charge is 0.236 e. The zero-order chi connectivity index (χ0) is 17.0. The van der Waals surface area contributed by atoms with Gasteiger partial charge < -0.3 is 14.4 Å². The second-order valence-electron chi connectivity index (χ2n) is 6.81. The molecule has 0 aromatic carbocycles. The van der Waals surface area contributed by atoms with E-state index in [1.165, 1.54) is 0 Å². The number of nitrogens with zero attached hydrogens (tertiary/aromatic N) is 2. The first-order valence-electron chi connectivity index (χ1n) is 8.40. The summed E-state index contributed by atoms with van der Waals surface area (Å²) < 4.78 is 11.0. The average Bonchev–Trinajstić information content (AvgIpc) is 2.39. The average molecular weight is 316 g/mol. The lowest BCUT2D eigenvalue weighted by Gasteiger charge is -2.23. The van der Waals surface area contributed by atoms with Gasteiger partial charge in [-0.05, 0) is 25.3 Å². The molecule has 0 bridgehead atoms. The minimum atomic E-state index is 0.139. The van der Waals surface area contributed by atoms with E-state index in [2.05, 4.69) is 32.6 Å². The molecule has 0 spiro atoms. The Morgan fingerprint density at radius 2 is 1.50 bits per heavy atom. The third-order valence-corrected chi connectivity index (χ3v) is 3.29. The van der Waals surface area contributed by atoms with Gasteiger partial charge in [-0.25, -0.2) is 0 Å². The summed E-state index contributed by atoms with van der Waals surface area (Å²) >= 11 is 0. The fourth-order valence-corrected chi connectivity index (χ4v) is 2.01. The monoisotopic (exact) mass is 316 g/mol. The molecule has 0 radical (unpaired) electrons. The van der Waals surface area contributed by atoms with Crippen molar-refractivity contribution in [3.8, 4) is 0 Å². The molecule has 1 amide bonds. The molecule has 22 heavy (non-hydrogen) atoms. The Morgan fingerprint density at radius 1 is 0.909 bits per heavy atom. The number of likely N-dealkylation sites (N-methyl/N-ethyl adjacent to an activating group) is 2. The molecule has 0 heterocycles. The van der Waals surface area contributed by atoms with Crippen molar-refractivity contribution in [2.75, 3.05) is 60.2 Å². The maximum absolute atomic E-state index is 12.0. The molecule has 0 N–H and O–H groups in total. The number of amides is 1. The molecule has 0 unspecified atom stereocenters. The van der Waals surface area contributed by atoms with Crippen LogP contribution in [0, 0.1) is 11.8 Å². The first-order valence-corrected chi connectivity index (χ1v) is 8.40. The van der Waals surface area contributed by atoms with Gasteiger partial charge in [0, 0.05) is 26.7 Å². The molecule has 0 aliphatic rings. The van der Waals surface area contributed by atoms with Crippen molar-refractivity contribution in [3.63, 3.8) is 0 Å². The highest BCUT2D eigenvalue weighted by atomic mass is 16.5. The summed E-state index contributed by atoms with van der Waals surface area (Å²) in [7, 11) is 3.81. The predicted molar refractivity (Wildman–Crippen MR) is 91.1 cm³/mol. The van der Waals surface area contributed by atoms with Crippen molar-refractivity contribution in [1.29, 1.82) is 0 Å². The van der Waals surface area contributed by atoms with Gasteiger partial charge in [-0.1, -0.05) is 27.7 Å². The molecule has 0 aliphatic carbocycles. The number of hydrogen-bond acceptors (Lipinski definition) is 4. The van der Waals surface area contributed by atoms with E-state index in [1.54, 1.807) is 4.90 Å². The summed E-state index contributed by atoms with van der Waals surface area (Å²) in [6.07, 6.45) is 1.08. The predicted octanol–water partition coefficient (Wildman–Crippen LogP) is 2.11. The molecule has 5 heteroatoms. The lowest BCUT2D eigenvalue weighted by Crippen LogP contribution is -2.39. The second kappa shape index (κ2) is 12.9. The Morgan fingerprint density at radius 3 is 2.05 bits per heavy atom. The van der Waals surface area contributed by atoms with Crippen molar-refractivity contribution in [3.05, 3.63) is 0 Å². The Kier molecular flexibility index (Phi) is 12.5. The highest BCUT2D eigenvalue weighted by molar-refractivity contribution is 5.77. The fourth-order valence-electron chi connectivity index (χ4n) is 2.01. The van der Waals surface area contributed by atoms with Crippen LogP contribution in [-0.4, -0.2) is 75.9 Å². The molecule has 0 rings (SSSR count). The summed E-state index contributed by atoms with van der Waals surface area (Å²) in [5, 5.41) is 0. The first-order chi connectivity index (χ1) is 10.3. The minimum absolute atomic E-state index is 0.139. The standard InChI is InChI=1S/C17H36N2O3/c1-15(2)7-9-21-11-12-22-10-8-19(6)17(20)14-18(5)13-16(3)4/h15-16H,7-14H2,1-6H3. The van der Waals surface area contributed by atoms with Gasteiger partial charge in [-0.15, -0.1) is 0 Å². The highest BCUT2D eigenvalue weighted by Gasteiger charge is 2.12. The molecule has 0 aromatic rings. The van der Waals surface area contributed by atoms with Crippen LogP contribution in [0.25, 0.3) is 0 Å². The van der Waals surface area contributed by atoms with Crippen LogP contribution in [0.15, 0.2) is 0 Å². The molecule has 0 aromatic heterocycles. The summed E-state index contributed by atoms with van der Waals surface area (Å²) in [6.45, 7) is 13.3. The molecule has 0 atom stereocenters. The topological polar surface area (TPSA) is 42.0 Å². The third-order valence-electron chi connectivity index (χ3n) is 3.29. The van der Waals surface area contributed by atoms with Crippen LogP contribution < -0.4 is 0 Å². The maximum Gasteiger partial charge on any atom is 0.236 e. The Bertz CT molecular complexity index is 283. The third kappa shape index (κ3) is 13.0. The van der Waals surface area contributed by atoms with E-state index in [9.17, 15) is 4.79 Å². The van der Waals surface area contributed by atoms with E-state index in [1.807, 2.05) is 14.1 Å². The molecule has 0 fully saturated rings. The lowest BCUT2D eigenvalue weighted by molar-refractivity contribution is -0.131. The minimum Gasteiger partial charge on any atom is -0.379 e. The summed E-state index contributed by atoms with van der Waals surface area (Å²) in [6, 6.07) is 0. The zero-order valence-electron chi connectivity index (χ0n) is 15.4. The van der Waals surface area contributed by atoms with E-state index in [4.69, 9.17) is 9.47 Å². The number of hydrogen-bond donors (Lipinski definition) is 0. The van der Waals surface area contributed by atoms with E-state index in [0.29, 0.717) is 44.7 Å². The van der Waals surface area contributed by atoms with Gasteiger partial charge in [0.1, 0.15) is 0 Å². The molecular weight excluding hydrogens is 280 g/mol. The highest BCUT2D eigenvalue weighted by Crippen LogP contribution is 1.99. The zero-order valence-corrected chi connectivity index (χ0v) is 15.4. The lowest BCUT2D eigenvalue weighted by atomic mass is 10.1. The van der Waals surface area contributed by atoms with Crippen LogP contribution in [-0.2, 0) is 14.3 Å². The Hall–Kier alpha value is -0.650.